The Labute approximate surface area is 128 Å². The molecule has 1 heterocycles. The summed E-state index contributed by atoms with van der Waals surface area (Å²) in [6, 6.07) is 3.38. The van der Waals surface area contributed by atoms with Crippen LogP contribution in [0.15, 0.2) is 18.2 Å². The van der Waals surface area contributed by atoms with Crippen LogP contribution in [0.2, 0.25) is 0 Å². The molecule has 0 aliphatic carbocycles. The molecule has 1 unspecified atom stereocenters. The average Bonchev–Trinajstić information content (AvgIpc) is 2.79. The van der Waals surface area contributed by atoms with Gasteiger partial charge in [0, 0.05) is 5.56 Å². The smallest absolute Gasteiger partial charge is 0.319 e. The van der Waals surface area contributed by atoms with E-state index in [1.165, 1.54) is 25.3 Å². The Morgan fingerprint density at radius 3 is 2.73 bits per heavy atom. The molecule has 0 fully saturated rings. The number of nitrogens with zero attached hydrogens (tertiary/aromatic N) is 1. The van der Waals surface area contributed by atoms with E-state index in [2.05, 4.69) is 20.8 Å². The van der Waals surface area contributed by atoms with Crippen LogP contribution in [0.5, 0.6) is 5.75 Å². The molecule has 2 aromatic rings. The number of rotatable bonds is 4. The van der Waals surface area contributed by atoms with Crippen molar-refractivity contribution in [2.45, 2.75) is 26.8 Å². The maximum atomic E-state index is 13.4. The van der Waals surface area contributed by atoms with Gasteiger partial charge in [-0.2, -0.15) is 5.10 Å². The Hall–Kier alpha value is -2.57. The van der Waals surface area contributed by atoms with Crippen LogP contribution in [-0.4, -0.2) is 23.3 Å². The zero-order chi connectivity index (χ0) is 16.3. The number of hydrogen-bond acceptors (Lipinski definition) is 3. The highest BCUT2D eigenvalue weighted by Gasteiger charge is 2.16. The molecule has 6 nitrogen and oxygen atoms in total. The molecule has 7 heteroatoms. The molecule has 1 aromatic carbocycles. The third-order valence-electron chi connectivity index (χ3n) is 3.37. The molecule has 0 saturated carbocycles. The average molecular weight is 306 g/mol. The molecule has 0 bridgehead atoms. The molecule has 0 radical (unpaired) electrons. The lowest BCUT2D eigenvalue weighted by Gasteiger charge is -2.18. The molecule has 118 valence electrons. The van der Waals surface area contributed by atoms with E-state index in [0.717, 1.165) is 5.69 Å². The van der Waals surface area contributed by atoms with Gasteiger partial charge in [0.15, 0.2) is 0 Å². The van der Waals surface area contributed by atoms with E-state index >= 15 is 0 Å². The van der Waals surface area contributed by atoms with Crippen LogP contribution in [0, 0.1) is 19.7 Å². The number of methoxy groups -OCH3 is 1. The molecule has 2 rings (SSSR count). The minimum absolute atomic E-state index is 0.383. The first-order valence-corrected chi connectivity index (χ1v) is 6.85. The van der Waals surface area contributed by atoms with Crippen molar-refractivity contribution in [1.29, 1.82) is 0 Å². The van der Waals surface area contributed by atoms with Gasteiger partial charge >= 0.3 is 6.03 Å². The number of H-pyrrole nitrogens is 1. The number of hydrogen-bond donors (Lipinski definition) is 3. The highest BCUT2D eigenvalue weighted by Crippen LogP contribution is 2.26. The number of carbonyl (C=O) groups is 1. The lowest BCUT2D eigenvalue weighted by molar-refractivity contribution is 0.249. The van der Waals surface area contributed by atoms with Crippen LogP contribution in [-0.2, 0) is 0 Å². The Morgan fingerprint density at radius 2 is 2.14 bits per heavy atom. The fraction of sp³-hybridized carbons (Fsp3) is 0.333. The Balaban J connectivity index is 2.10. The minimum atomic E-state index is -0.418. The van der Waals surface area contributed by atoms with Crippen LogP contribution in [0.25, 0.3) is 0 Å². The summed E-state index contributed by atoms with van der Waals surface area (Å²) in [5.74, 6) is 0.135. The van der Waals surface area contributed by atoms with Gasteiger partial charge < -0.3 is 15.4 Å². The minimum Gasteiger partial charge on any atom is -0.496 e. The van der Waals surface area contributed by atoms with Crippen molar-refractivity contribution in [1.82, 2.24) is 15.5 Å². The van der Waals surface area contributed by atoms with Crippen LogP contribution in [0.4, 0.5) is 14.9 Å². The van der Waals surface area contributed by atoms with Crippen molar-refractivity contribution < 1.29 is 13.9 Å². The van der Waals surface area contributed by atoms with E-state index in [-0.39, 0.29) is 5.82 Å². The third kappa shape index (κ3) is 3.36. The van der Waals surface area contributed by atoms with Crippen molar-refractivity contribution in [3.63, 3.8) is 0 Å². The van der Waals surface area contributed by atoms with Crippen molar-refractivity contribution in [2.24, 2.45) is 0 Å². The maximum absolute atomic E-state index is 13.4. The van der Waals surface area contributed by atoms with E-state index in [1.807, 2.05) is 6.92 Å². The highest BCUT2D eigenvalue weighted by atomic mass is 19.1. The third-order valence-corrected chi connectivity index (χ3v) is 3.37. The molecule has 0 saturated heterocycles. The number of aromatic amines is 1. The zero-order valence-electron chi connectivity index (χ0n) is 13.0. The zero-order valence-corrected chi connectivity index (χ0v) is 13.0. The van der Waals surface area contributed by atoms with Crippen molar-refractivity contribution in [3.8, 4) is 5.75 Å². The molecule has 1 atom stereocenters. The summed E-state index contributed by atoms with van der Waals surface area (Å²) in [4.78, 5) is 12.1. The topological polar surface area (TPSA) is 79.0 Å². The summed E-state index contributed by atoms with van der Waals surface area (Å²) >= 11 is 0. The molecule has 0 aliphatic rings. The summed E-state index contributed by atoms with van der Waals surface area (Å²) in [6.07, 6.45) is 0. The molecule has 2 amide bonds. The number of anilines is 1. The molecular formula is C15H19FN4O2. The van der Waals surface area contributed by atoms with E-state index in [4.69, 9.17) is 4.74 Å². The van der Waals surface area contributed by atoms with Gasteiger partial charge in [-0.15, -0.1) is 0 Å². The van der Waals surface area contributed by atoms with Crippen LogP contribution in [0.1, 0.15) is 29.9 Å². The summed E-state index contributed by atoms with van der Waals surface area (Å²) in [5, 5.41) is 12.3. The van der Waals surface area contributed by atoms with Gasteiger partial charge in [-0.25, -0.2) is 9.18 Å². The molecule has 0 spiro atoms. The summed E-state index contributed by atoms with van der Waals surface area (Å²) in [6.45, 7) is 5.36. The number of nitrogens with one attached hydrogen (secondary N) is 3. The van der Waals surface area contributed by atoms with Crippen LogP contribution < -0.4 is 15.4 Å². The molecule has 1 aromatic heterocycles. The van der Waals surface area contributed by atoms with Gasteiger partial charge in [0.05, 0.1) is 30.2 Å². The van der Waals surface area contributed by atoms with E-state index in [1.54, 1.807) is 13.8 Å². The normalized spacial score (nSPS) is 11.9. The summed E-state index contributed by atoms with van der Waals surface area (Å²) in [5.41, 5.74) is 2.67. The fourth-order valence-corrected chi connectivity index (χ4v) is 2.20. The van der Waals surface area contributed by atoms with Gasteiger partial charge in [0.1, 0.15) is 11.6 Å². The number of urea groups is 1. The van der Waals surface area contributed by atoms with Crippen molar-refractivity contribution >= 4 is 11.7 Å². The fourth-order valence-electron chi connectivity index (χ4n) is 2.20. The number of carbonyl (C=O) groups excluding carboxylic acids is 1. The highest BCUT2D eigenvalue weighted by molar-refractivity contribution is 5.90. The molecule has 3 N–H and O–H groups in total. The predicted molar refractivity (Wildman–Crippen MR) is 81.6 cm³/mol. The second kappa shape index (κ2) is 6.46. The Morgan fingerprint density at radius 1 is 1.41 bits per heavy atom. The summed E-state index contributed by atoms with van der Waals surface area (Å²) in [7, 11) is 1.50. The second-order valence-corrected chi connectivity index (χ2v) is 5.02. The van der Waals surface area contributed by atoms with Gasteiger partial charge in [0.25, 0.3) is 0 Å². The van der Waals surface area contributed by atoms with E-state index in [9.17, 15) is 9.18 Å². The van der Waals surface area contributed by atoms with Gasteiger partial charge in [-0.1, -0.05) is 0 Å². The lowest BCUT2D eigenvalue weighted by Crippen LogP contribution is -2.31. The molecule has 22 heavy (non-hydrogen) atoms. The van der Waals surface area contributed by atoms with Crippen molar-refractivity contribution in [2.75, 3.05) is 12.4 Å². The number of aryl methyl sites for hydroxylation is 2. The number of halogens is 1. The quantitative estimate of drug-likeness (QED) is 0.812. The Bertz CT molecular complexity index is 665. The summed E-state index contributed by atoms with van der Waals surface area (Å²) < 4.78 is 18.6. The lowest BCUT2D eigenvalue weighted by atomic mass is 10.1. The Kier molecular flexibility index (Phi) is 4.65. The van der Waals surface area contributed by atoms with E-state index < -0.39 is 12.1 Å². The number of benzene rings is 1. The maximum Gasteiger partial charge on any atom is 0.319 e. The van der Waals surface area contributed by atoms with Gasteiger partial charge in [0.2, 0.25) is 0 Å². The number of amides is 2. The molecular weight excluding hydrogens is 287 g/mol. The molecule has 0 aliphatic heterocycles. The van der Waals surface area contributed by atoms with Gasteiger partial charge in [-0.3, -0.25) is 5.10 Å². The number of ether oxygens (including phenoxy) is 1. The largest absolute Gasteiger partial charge is 0.496 e. The first-order chi connectivity index (χ1) is 10.4. The van der Waals surface area contributed by atoms with E-state index in [0.29, 0.717) is 22.7 Å². The number of aromatic nitrogens is 2. The van der Waals surface area contributed by atoms with Gasteiger partial charge in [-0.05, 0) is 39.0 Å². The standard InChI is InChI=1S/C15H19FN4O2/c1-8(12-7-11(16)5-6-13(12)22-4)17-15(21)18-14-9(2)19-20-10(14)3/h5-8H,1-4H3,(H,19,20)(H2,17,18,21). The first-order valence-electron chi connectivity index (χ1n) is 6.85. The SMILES string of the molecule is COc1ccc(F)cc1C(C)NC(=O)Nc1c(C)n[nH]c1C. The second-order valence-electron chi connectivity index (χ2n) is 5.02. The predicted octanol–water partition coefficient (Wildman–Crippen LogP) is 3.06. The van der Waals surface area contributed by atoms with Crippen LogP contribution in [0.3, 0.4) is 0 Å². The van der Waals surface area contributed by atoms with Crippen LogP contribution >= 0.6 is 0 Å². The van der Waals surface area contributed by atoms with Crippen molar-refractivity contribution in [3.05, 3.63) is 41.0 Å². The first kappa shape index (κ1) is 15.8. The monoisotopic (exact) mass is 306 g/mol.